The molecule has 1 aromatic heterocycles. The Kier molecular flexibility index (Phi) is 5.08. The van der Waals surface area contributed by atoms with Crippen molar-refractivity contribution in [2.45, 2.75) is 32.2 Å². The maximum absolute atomic E-state index is 13.0. The van der Waals surface area contributed by atoms with Crippen LogP contribution in [0.1, 0.15) is 44.8 Å². The zero-order valence-electron chi connectivity index (χ0n) is 14.8. The molecular formula is C19H21N3O3S. The minimum absolute atomic E-state index is 0.0525. The molecule has 2 amide bonds. The summed E-state index contributed by atoms with van der Waals surface area (Å²) in [7, 11) is 1.74. The number of rotatable bonds is 4. The van der Waals surface area contributed by atoms with Crippen LogP contribution in [0.3, 0.4) is 0 Å². The van der Waals surface area contributed by atoms with E-state index in [1.165, 1.54) is 12.1 Å². The van der Waals surface area contributed by atoms with Crippen LogP contribution in [0.2, 0.25) is 0 Å². The number of phenols is 1. The van der Waals surface area contributed by atoms with Crippen molar-refractivity contribution in [3.05, 3.63) is 52.0 Å². The van der Waals surface area contributed by atoms with E-state index < -0.39 is 0 Å². The zero-order valence-corrected chi connectivity index (χ0v) is 15.6. The average Bonchev–Trinajstić information content (AvgIpc) is 3.02. The lowest BCUT2D eigenvalue weighted by Gasteiger charge is -2.31. The molecule has 1 aliphatic rings. The van der Waals surface area contributed by atoms with Gasteiger partial charge in [-0.2, -0.15) is 0 Å². The van der Waals surface area contributed by atoms with Crippen molar-refractivity contribution < 1.29 is 14.7 Å². The summed E-state index contributed by atoms with van der Waals surface area (Å²) in [4.78, 5) is 31.8. The minimum Gasteiger partial charge on any atom is -0.507 e. The second-order valence-electron chi connectivity index (χ2n) is 6.29. The number of fused-ring (bicyclic) bond motifs is 1. The van der Waals surface area contributed by atoms with Crippen molar-refractivity contribution in [3.8, 4) is 5.75 Å². The van der Waals surface area contributed by atoms with Gasteiger partial charge in [-0.05, 0) is 50.5 Å². The molecule has 0 bridgehead atoms. The minimum atomic E-state index is -0.375. The van der Waals surface area contributed by atoms with Crippen LogP contribution in [0, 0.1) is 6.92 Å². The fourth-order valence-corrected chi connectivity index (χ4v) is 4.35. The number of anilines is 1. The van der Waals surface area contributed by atoms with Crippen molar-refractivity contribution in [1.82, 2.24) is 9.88 Å². The van der Waals surface area contributed by atoms with E-state index in [1.807, 2.05) is 6.92 Å². The highest BCUT2D eigenvalue weighted by molar-refractivity contribution is 7.11. The fourth-order valence-electron chi connectivity index (χ4n) is 3.20. The highest BCUT2D eigenvalue weighted by Gasteiger charge is 2.31. The molecule has 1 atom stereocenters. The van der Waals surface area contributed by atoms with Gasteiger partial charge in [0.05, 0.1) is 27.2 Å². The number of nitrogens with zero attached hydrogens (tertiary/aromatic N) is 2. The number of carbonyl (C=O) groups is 2. The SMILES string of the molecule is C=CC(=O)Nc1ccc(O)c(C(=O)N(C)C2CCCc3nc(C)sc32)c1. The van der Waals surface area contributed by atoms with Crippen LogP contribution in [0.15, 0.2) is 30.9 Å². The number of carbonyl (C=O) groups excluding carboxylic acids is 2. The summed E-state index contributed by atoms with van der Waals surface area (Å²) < 4.78 is 0. The molecule has 26 heavy (non-hydrogen) atoms. The van der Waals surface area contributed by atoms with Gasteiger partial charge >= 0.3 is 0 Å². The van der Waals surface area contributed by atoms with Crippen molar-refractivity contribution >= 4 is 28.8 Å². The average molecular weight is 371 g/mol. The van der Waals surface area contributed by atoms with Gasteiger partial charge in [0.25, 0.3) is 5.91 Å². The number of amides is 2. The van der Waals surface area contributed by atoms with Gasteiger partial charge in [-0.25, -0.2) is 4.98 Å². The van der Waals surface area contributed by atoms with E-state index in [4.69, 9.17) is 0 Å². The number of thiazole rings is 1. The molecule has 1 heterocycles. The number of nitrogens with one attached hydrogen (secondary N) is 1. The van der Waals surface area contributed by atoms with E-state index in [0.29, 0.717) is 5.69 Å². The van der Waals surface area contributed by atoms with Crippen LogP contribution >= 0.6 is 11.3 Å². The summed E-state index contributed by atoms with van der Waals surface area (Å²) >= 11 is 1.62. The Morgan fingerprint density at radius 1 is 1.46 bits per heavy atom. The topological polar surface area (TPSA) is 82.5 Å². The van der Waals surface area contributed by atoms with Crippen molar-refractivity contribution in [2.75, 3.05) is 12.4 Å². The molecule has 1 aliphatic carbocycles. The van der Waals surface area contributed by atoms with Gasteiger partial charge in [0.15, 0.2) is 0 Å². The second kappa shape index (κ2) is 7.29. The predicted octanol–water partition coefficient (Wildman–Crippen LogP) is 3.43. The molecule has 0 saturated heterocycles. The first kappa shape index (κ1) is 18.1. The Labute approximate surface area is 156 Å². The van der Waals surface area contributed by atoms with E-state index >= 15 is 0 Å². The van der Waals surface area contributed by atoms with Gasteiger partial charge in [-0.1, -0.05) is 6.58 Å². The van der Waals surface area contributed by atoms with E-state index in [1.54, 1.807) is 29.4 Å². The molecule has 136 valence electrons. The maximum Gasteiger partial charge on any atom is 0.257 e. The third kappa shape index (κ3) is 3.48. The van der Waals surface area contributed by atoms with Crippen LogP contribution in [0.25, 0.3) is 0 Å². The normalized spacial score (nSPS) is 15.8. The van der Waals surface area contributed by atoms with Crippen molar-refractivity contribution in [1.29, 1.82) is 0 Å². The first-order valence-electron chi connectivity index (χ1n) is 8.40. The largest absolute Gasteiger partial charge is 0.507 e. The number of aryl methyl sites for hydroxylation is 2. The molecule has 0 radical (unpaired) electrons. The van der Waals surface area contributed by atoms with Gasteiger partial charge in [0.2, 0.25) is 5.91 Å². The Bertz CT molecular complexity index is 875. The molecule has 2 aromatic rings. The van der Waals surface area contributed by atoms with Crippen LogP contribution in [0.4, 0.5) is 5.69 Å². The van der Waals surface area contributed by atoms with Crippen LogP contribution in [0.5, 0.6) is 5.75 Å². The second-order valence-corrected chi connectivity index (χ2v) is 7.53. The quantitative estimate of drug-likeness (QED) is 0.637. The lowest BCUT2D eigenvalue weighted by molar-refractivity contribution is -0.111. The summed E-state index contributed by atoms with van der Waals surface area (Å²) in [6.45, 7) is 5.37. The van der Waals surface area contributed by atoms with E-state index in [0.717, 1.165) is 40.9 Å². The summed E-state index contributed by atoms with van der Waals surface area (Å²) in [5.41, 5.74) is 1.66. The fraction of sp³-hybridized carbons (Fsp3) is 0.316. The smallest absolute Gasteiger partial charge is 0.257 e. The number of phenolic OH excluding ortho intramolecular Hbond substituents is 1. The molecule has 1 unspecified atom stereocenters. The molecule has 7 heteroatoms. The maximum atomic E-state index is 13.0. The van der Waals surface area contributed by atoms with Crippen molar-refractivity contribution in [3.63, 3.8) is 0 Å². The Hall–Kier alpha value is -2.67. The van der Waals surface area contributed by atoms with Crippen LogP contribution in [-0.4, -0.2) is 33.9 Å². The summed E-state index contributed by atoms with van der Waals surface area (Å²) in [6.07, 6.45) is 3.92. The number of aromatic hydroxyl groups is 1. The molecular weight excluding hydrogens is 350 g/mol. The highest BCUT2D eigenvalue weighted by Crippen LogP contribution is 2.38. The Morgan fingerprint density at radius 2 is 2.23 bits per heavy atom. The Morgan fingerprint density at radius 3 is 2.96 bits per heavy atom. The van der Waals surface area contributed by atoms with Gasteiger partial charge in [0, 0.05) is 12.7 Å². The first-order valence-corrected chi connectivity index (χ1v) is 9.22. The zero-order chi connectivity index (χ0) is 18.8. The molecule has 2 N–H and O–H groups in total. The third-order valence-corrected chi connectivity index (χ3v) is 5.61. The number of benzene rings is 1. The molecule has 0 spiro atoms. The monoisotopic (exact) mass is 371 g/mol. The molecule has 6 nitrogen and oxygen atoms in total. The molecule has 0 aliphatic heterocycles. The van der Waals surface area contributed by atoms with E-state index in [-0.39, 0.29) is 29.2 Å². The molecule has 0 saturated carbocycles. The van der Waals surface area contributed by atoms with Gasteiger partial charge in [-0.15, -0.1) is 11.3 Å². The van der Waals surface area contributed by atoms with Gasteiger partial charge < -0.3 is 15.3 Å². The number of hydrogen-bond donors (Lipinski definition) is 2. The summed E-state index contributed by atoms with van der Waals surface area (Å²) in [5.74, 6) is -0.782. The van der Waals surface area contributed by atoms with Gasteiger partial charge in [0.1, 0.15) is 5.75 Å². The highest BCUT2D eigenvalue weighted by atomic mass is 32.1. The third-order valence-electron chi connectivity index (χ3n) is 4.50. The van der Waals surface area contributed by atoms with Crippen molar-refractivity contribution in [2.24, 2.45) is 0 Å². The van der Waals surface area contributed by atoms with E-state index in [9.17, 15) is 14.7 Å². The molecule has 0 fully saturated rings. The predicted molar refractivity (Wildman–Crippen MR) is 102 cm³/mol. The number of aromatic nitrogens is 1. The summed E-state index contributed by atoms with van der Waals surface area (Å²) in [6, 6.07) is 4.38. The lowest BCUT2D eigenvalue weighted by Crippen LogP contribution is -2.33. The standard InChI is InChI=1S/C19H21N3O3S/c1-4-17(24)21-12-8-9-16(23)13(10-12)19(25)22(3)15-7-5-6-14-18(15)26-11(2)20-14/h4,8-10,15,23H,1,5-7H2,2-3H3,(H,21,24). The van der Waals surface area contributed by atoms with E-state index in [2.05, 4.69) is 16.9 Å². The van der Waals surface area contributed by atoms with Crippen LogP contribution < -0.4 is 5.32 Å². The Balaban J connectivity index is 1.88. The van der Waals surface area contributed by atoms with Crippen LogP contribution in [-0.2, 0) is 11.2 Å². The lowest BCUT2D eigenvalue weighted by atomic mass is 9.96. The summed E-state index contributed by atoms with van der Waals surface area (Å²) in [5, 5.41) is 13.8. The van der Waals surface area contributed by atoms with Gasteiger partial charge in [-0.3, -0.25) is 9.59 Å². The molecule has 3 rings (SSSR count). The number of hydrogen-bond acceptors (Lipinski definition) is 5. The molecule has 1 aromatic carbocycles. The first-order chi connectivity index (χ1) is 12.4.